The first kappa shape index (κ1) is 17.2. The number of rotatable bonds is 5. The van der Waals surface area contributed by atoms with Crippen molar-refractivity contribution in [2.75, 3.05) is 10.7 Å². The van der Waals surface area contributed by atoms with Gasteiger partial charge in [-0.2, -0.15) is 0 Å². The molecule has 3 heteroatoms. The molecule has 0 aromatic heterocycles. The van der Waals surface area contributed by atoms with Gasteiger partial charge < -0.3 is 0 Å². The summed E-state index contributed by atoms with van der Waals surface area (Å²) in [6.45, 7) is 4.34. The molecule has 0 amide bonds. The van der Waals surface area contributed by atoms with Crippen LogP contribution < -0.4 is 0 Å². The lowest BCUT2D eigenvalue weighted by Crippen LogP contribution is -2.33. The lowest BCUT2D eigenvalue weighted by atomic mass is 9.78. The molecular weight excluding hydrogens is 456 g/mol. The molecule has 0 unspecified atom stereocenters. The van der Waals surface area contributed by atoms with Crippen LogP contribution in [-0.2, 0) is 11.8 Å². The second kappa shape index (κ2) is 7.43. The van der Waals surface area contributed by atoms with E-state index in [1.165, 1.54) is 26.7 Å². The second-order valence-corrected chi connectivity index (χ2v) is 7.60. The Morgan fingerprint density at radius 3 is 2.14 bits per heavy atom. The maximum Gasteiger partial charge on any atom is 0.0213 e. The summed E-state index contributed by atoms with van der Waals surface area (Å²) in [4.78, 5) is 0. The number of hydrogen-bond acceptors (Lipinski definition) is 0. The monoisotopic (exact) mass is 472 g/mol. The summed E-state index contributed by atoms with van der Waals surface area (Å²) in [5.41, 5.74) is 5.48. The van der Waals surface area contributed by atoms with E-state index >= 15 is 0 Å². The van der Waals surface area contributed by atoms with E-state index in [0.717, 1.165) is 17.1 Å². The van der Waals surface area contributed by atoms with Crippen LogP contribution in [0.1, 0.15) is 22.3 Å². The Hall–Kier alpha value is -0.120. The van der Waals surface area contributed by atoms with Crippen molar-refractivity contribution in [3.05, 3.63) is 69.2 Å². The maximum atomic E-state index is 3.74. The van der Waals surface area contributed by atoms with Crippen molar-refractivity contribution in [1.82, 2.24) is 0 Å². The first-order chi connectivity index (χ1) is 10.0. The van der Waals surface area contributed by atoms with Gasteiger partial charge in [-0.1, -0.05) is 84.2 Å². The van der Waals surface area contributed by atoms with E-state index in [4.69, 9.17) is 0 Å². The Morgan fingerprint density at radius 2 is 1.57 bits per heavy atom. The SMILES string of the molecule is Cc1ccc(CC(CBr)(CBr)c2ccccc2Br)cc1C. The number of benzene rings is 2. The topological polar surface area (TPSA) is 0 Å². The van der Waals surface area contributed by atoms with Crippen molar-refractivity contribution >= 4 is 47.8 Å². The Labute approximate surface area is 152 Å². The molecule has 0 bridgehead atoms. The molecule has 0 heterocycles. The summed E-state index contributed by atoms with van der Waals surface area (Å²) < 4.78 is 1.17. The summed E-state index contributed by atoms with van der Waals surface area (Å²) in [5, 5.41) is 1.83. The van der Waals surface area contributed by atoms with Crippen molar-refractivity contribution in [2.45, 2.75) is 25.7 Å². The average Bonchev–Trinajstić information content (AvgIpc) is 2.49. The van der Waals surface area contributed by atoms with E-state index in [2.05, 4.69) is 104 Å². The lowest BCUT2D eigenvalue weighted by Gasteiger charge is -2.32. The molecule has 0 saturated heterocycles. The highest BCUT2D eigenvalue weighted by atomic mass is 79.9. The molecular formula is C18H19Br3. The van der Waals surface area contributed by atoms with E-state index < -0.39 is 0 Å². The molecule has 2 aromatic rings. The molecule has 2 rings (SSSR count). The van der Waals surface area contributed by atoms with Crippen LogP contribution in [0.25, 0.3) is 0 Å². The van der Waals surface area contributed by atoms with Crippen LogP contribution in [0.2, 0.25) is 0 Å². The quantitative estimate of drug-likeness (QED) is 0.444. The zero-order valence-corrected chi connectivity index (χ0v) is 17.1. The molecule has 0 saturated carbocycles. The maximum absolute atomic E-state index is 3.74. The Morgan fingerprint density at radius 1 is 0.905 bits per heavy atom. The molecule has 0 aliphatic rings. The Kier molecular flexibility index (Phi) is 6.10. The zero-order chi connectivity index (χ0) is 15.5. The highest BCUT2D eigenvalue weighted by Gasteiger charge is 2.32. The summed E-state index contributed by atoms with van der Waals surface area (Å²) >= 11 is 11.2. The molecule has 21 heavy (non-hydrogen) atoms. The third kappa shape index (κ3) is 3.80. The number of hydrogen-bond donors (Lipinski definition) is 0. The van der Waals surface area contributed by atoms with Gasteiger partial charge in [0.25, 0.3) is 0 Å². The average molecular weight is 475 g/mol. The second-order valence-electron chi connectivity index (χ2n) is 5.62. The largest absolute Gasteiger partial charge is 0.0918 e. The lowest BCUT2D eigenvalue weighted by molar-refractivity contribution is 0.548. The first-order valence-corrected chi connectivity index (χ1v) is 9.99. The highest BCUT2D eigenvalue weighted by Crippen LogP contribution is 2.37. The minimum atomic E-state index is 0.0434. The van der Waals surface area contributed by atoms with Crippen LogP contribution >= 0.6 is 47.8 Å². The summed E-state index contributed by atoms with van der Waals surface area (Å²) in [7, 11) is 0. The number of aryl methyl sites for hydroxylation is 2. The fourth-order valence-corrected chi connectivity index (χ4v) is 5.20. The van der Waals surface area contributed by atoms with Gasteiger partial charge in [0, 0.05) is 20.5 Å². The fraction of sp³-hybridized carbons (Fsp3) is 0.333. The molecule has 112 valence electrons. The highest BCUT2D eigenvalue weighted by molar-refractivity contribution is 9.10. The minimum Gasteiger partial charge on any atom is -0.0918 e. The van der Waals surface area contributed by atoms with Crippen LogP contribution in [0.5, 0.6) is 0 Å². The van der Waals surface area contributed by atoms with Crippen molar-refractivity contribution in [2.24, 2.45) is 0 Å². The van der Waals surface area contributed by atoms with Gasteiger partial charge in [-0.25, -0.2) is 0 Å². The van der Waals surface area contributed by atoms with Crippen molar-refractivity contribution in [3.63, 3.8) is 0 Å². The normalized spacial score (nSPS) is 11.7. The molecule has 0 nitrogen and oxygen atoms in total. The summed E-state index contributed by atoms with van der Waals surface area (Å²) in [6.07, 6.45) is 1.01. The molecule has 2 aromatic carbocycles. The van der Waals surface area contributed by atoms with E-state index in [-0.39, 0.29) is 5.41 Å². The minimum absolute atomic E-state index is 0.0434. The standard InChI is InChI=1S/C18H19Br3/c1-13-7-8-15(9-14(13)2)10-18(11-19,12-20)16-5-3-4-6-17(16)21/h3-9H,10-12H2,1-2H3. The van der Waals surface area contributed by atoms with Gasteiger partial charge in [-0.15, -0.1) is 0 Å². The van der Waals surface area contributed by atoms with Gasteiger partial charge in [0.05, 0.1) is 0 Å². The van der Waals surface area contributed by atoms with Gasteiger partial charge in [0.1, 0.15) is 0 Å². The summed E-state index contributed by atoms with van der Waals surface area (Å²) in [5.74, 6) is 0. The predicted octanol–water partition coefficient (Wildman–Crippen LogP) is 6.34. The van der Waals surface area contributed by atoms with Gasteiger partial charge in [0.2, 0.25) is 0 Å². The van der Waals surface area contributed by atoms with Crippen molar-refractivity contribution in [1.29, 1.82) is 0 Å². The van der Waals surface area contributed by atoms with E-state index in [9.17, 15) is 0 Å². The molecule has 0 aliphatic carbocycles. The fourth-order valence-electron chi connectivity index (χ4n) is 2.56. The van der Waals surface area contributed by atoms with Crippen LogP contribution in [-0.4, -0.2) is 10.7 Å². The van der Waals surface area contributed by atoms with E-state index in [1.807, 2.05) is 0 Å². The van der Waals surface area contributed by atoms with E-state index in [1.54, 1.807) is 0 Å². The van der Waals surface area contributed by atoms with Gasteiger partial charge >= 0.3 is 0 Å². The number of halogens is 3. The van der Waals surface area contributed by atoms with Gasteiger partial charge in [0.15, 0.2) is 0 Å². The smallest absolute Gasteiger partial charge is 0.0213 e. The Bertz CT molecular complexity index is 616. The number of alkyl halides is 2. The van der Waals surface area contributed by atoms with Crippen molar-refractivity contribution in [3.8, 4) is 0 Å². The van der Waals surface area contributed by atoms with E-state index in [0.29, 0.717) is 0 Å². The molecule has 0 spiro atoms. The summed E-state index contributed by atoms with van der Waals surface area (Å²) in [6, 6.07) is 15.3. The molecule has 0 fully saturated rings. The Balaban J connectivity index is 2.43. The predicted molar refractivity (Wildman–Crippen MR) is 103 cm³/mol. The van der Waals surface area contributed by atoms with Gasteiger partial charge in [-0.3, -0.25) is 0 Å². The molecule has 0 atom stereocenters. The molecule has 0 N–H and O–H groups in total. The molecule has 0 aliphatic heterocycles. The zero-order valence-electron chi connectivity index (χ0n) is 12.3. The van der Waals surface area contributed by atoms with Crippen LogP contribution in [0.3, 0.4) is 0 Å². The molecule has 0 radical (unpaired) electrons. The van der Waals surface area contributed by atoms with Crippen LogP contribution in [0.15, 0.2) is 46.9 Å². The third-order valence-corrected chi connectivity index (χ3v) is 6.91. The van der Waals surface area contributed by atoms with Crippen LogP contribution in [0.4, 0.5) is 0 Å². The third-order valence-electron chi connectivity index (χ3n) is 4.07. The van der Waals surface area contributed by atoms with Crippen molar-refractivity contribution < 1.29 is 0 Å². The first-order valence-electron chi connectivity index (χ1n) is 6.95. The van der Waals surface area contributed by atoms with Crippen LogP contribution in [0, 0.1) is 13.8 Å². The van der Waals surface area contributed by atoms with Gasteiger partial charge in [-0.05, 0) is 48.6 Å².